The van der Waals surface area contributed by atoms with Crippen molar-refractivity contribution in [1.29, 1.82) is 0 Å². The third kappa shape index (κ3) is 2.98. The third-order valence-corrected chi connectivity index (χ3v) is 2.56. The number of rotatable bonds is 3. The van der Waals surface area contributed by atoms with Gasteiger partial charge in [-0.25, -0.2) is 0 Å². The number of halogens is 3. The Hall–Kier alpha value is -2.32. The first-order valence-corrected chi connectivity index (χ1v) is 5.69. The Morgan fingerprint density at radius 2 is 2.15 bits per heavy atom. The van der Waals surface area contributed by atoms with Crippen molar-refractivity contribution in [2.75, 3.05) is 5.32 Å². The van der Waals surface area contributed by atoms with E-state index in [0.717, 1.165) is 0 Å². The molecule has 108 valence electrons. The fourth-order valence-electron chi connectivity index (χ4n) is 1.66. The van der Waals surface area contributed by atoms with Gasteiger partial charge in [0.05, 0.1) is 17.1 Å². The number of hydrogen-bond donors (Lipinski definition) is 2. The smallest absolute Gasteiger partial charge is 0.321 e. The van der Waals surface area contributed by atoms with Gasteiger partial charge in [-0.2, -0.15) is 23.4 Å². The molecule has 0 radical (unpaired) electrons. The molecule has 20 heavy (non-hydrogen) atoms. The van der Waals surface area contributed by atoms with E-state index in [-0.39, 0.29) is 17.9 Å². The summed E-state index contributed by atoms with van der Waals surface area (Å²) in [6.45, 7) is 2.97. The second-order valence-corrected chi connectivity index (χ2v) is 4.27. The summed E-state index contributed by atoms with van der Waals surface area (Å²) in [4.78, 5) is 11.7. The molecule has 2 aromatic rings. The molecule has 0 bridgehead atoms. The van der Waals surface area contributed by atoms with Crippen molar-refractivity contribution in [3.63, 3.8) is 0 Å². The van der Waals surface area contributed by atoms with E-state index >= 15 is 0 Å². The molecule has 2 N–H and O–H groups in total. The number of carbonyl (C=O) groups excluding carboxylic acids is 1. The van der Waals surface area contributed by atoms with Crippen LogP contribution in [0.25, 0.3) is 0 Å². The average molecular weight is 287 g/mol. The molecule has 2 rings (SSSR count). The molecule has 0 saturated heterocycles. The topological polar surface area (TPSA) is 75.6 Å². The molecule has 0 fully saturated rings. The number of alkyl halides is 3. The zero-order valence-corrected chi connectivity index (χ0v) is 10.7. The van der Waals surface area contributed by atoms with E-state index in [1.165, 1.54) is 11.6 Å². The highest BCUT2D eigenvalue weighted by molar-refractivity contribution is 5.91. The second-order valence-electron chi connectivity index (χ2n) is 4.27. The fraction of sp³-hybridized carbons (Fsp3) is 0.364. The minimum Gasteiger partial charge on any atom is -0.321 e. The van der Waals surface area contributed by atoms with Crippen LogP contribution in [0.5, 0.6) is 0 Å². The van der Waals surface area contributed by atoms with Gasteiger partial charge < -0.3 is 5.32 Å². The van der Waals surface area contributed by atoms with E-state index in [2.05, 4.69) is 20.6 Å². The summed E-state index contributed by atoms with van der Waals surface area (Å²) < 4.78 is 39.4. The monoisotopic (exact) mass is 287 g/mol. The van der Waals surface area contributed by atoms with E-state index in [4.69, 9.17) is 0 Å². The molecule has 6 nitrogen and oxygen atoms in total. The van der Waals surface area contributed by atoms with Gasteiger partial charge in [-0.15, -0.1) is 0 Å². The summed E-state index contributed by atoms with van der Waals surface area (Å²) in [6, 6.07) is 1.69. The Labute approximate surface area is 112 Å². The lowest BCUT2D eigenvalue weighted by atomic mass is 10.3. The molecule has 0 aliphatic heterocycles. The second kappa shape index (κ2) is 4.99. The fourth-order valence-corrected chi connectivity index (χ4v) is 1.66. The van der Waals surface area contributed by atoms with Crippen LogP contribution >= 0.6 is 0 Å². The molecule has 0 aliphatic carbocycles. The summed E-state index contributed by atoms with van der Waals surface area (Å²) in [7, 11) is 0. The first-order valence-electron chi connectivity index (χ1n) is 5.69. The van der Waals surface area contributed by atoms with Gasteiger partial charge in [-0.3, -0.25) is 14.6 Å². The summed E-state index contributed by atoms with van der Waals surface area (Å²) in [5, 5.41) is 11.6. The van der Waals surface area contributed by atoms with E-state index in [1.807, 2.05) is 0 Å². The Morgan fingerprint density at radius 3 is 2.70 bits per heavy atom. The molecule has 9 heteroatoms. The standard InChI is InChI=1S/C11H12F3N5O/c1-6-3-4-19(18-6)5-8(20)15-9-7(2)16-17-10(9)11(12,13)14/h3-4H,5H2,1-2H3,(H,15,20)(H,16,17). The number of aromatic nitrogens is 4. The van der Waals surface area contributed by atoms with Crippen molar-refractivity contribution in [1.82, 2.24) is 20.0 Å². The molecule has 0 atom stereocenters. The first-order chi connectivity index (χ1) is 9.27. The van der Waals surface area contributed by atoms with Crippen molar-refractivity contribution in [3.05, 3.63) is 29.3 Å². The van der Waals surface area contributed by atoms with Gasteiger partial charge in [0.15, 0.2) is 5.69 Å². The largest absolute Gasteiger partial charge is 0.437 e. The van der Waals surface area contributed by atoms with Crippen LogP contribution in [-0.4, -0.2) is 25.9 Å². The maximum atomic E-state index is 12.7. The zero-order valence-electron chi connectivity index (χ0n) is 10.7. The van der Waals surface area contributed by atoms with E-state index in [1.54, 1.807) is 19.2 Å². The molecule has 0 aliphatic rings. The van der Waals surface area contributed by atoms with E-state index < -0.39 is 17.8 Å². The van der Waals surface area contributed by atoms with Crippen LogP contribution in [0, 0.1) is 13.8 Å². The number of anilines is 1. The number of H-pyrrole nitrogens is 1. The molecule has 0 spiro atoms. The van der Waals surface area contributed by atoms with Crippen LogP contribution in [0.4, 0.5) is 18.9 Å². The summed E-state index contributed by atoms with van der Waals surface area (Å²) in [6.07, 6.45) is -3.06. The van der Waals surface area contributed by atoms with E-state index in [9.17, 15) is 18.0 Å². The third-order valence-electron chi connectivity index (χ3n) is 2.56. The van der Waals surface area contributed by atoms with Crippen molar-refractivity contribution < 1.29 is 18.0 Å². The van der Waals surface area contributed by atoms with Crippen LogP contribution in [0.1, 0.15) is 17.1 Å². The summed E-state index contributed by atoms with van der Waals surface area (Å²) in [5.74, 6) is -0.608. The maximum absolute atomic E-state index is 12.7. The molecule has 1 amide bonds. The Kier molecular flexibility index (Phi) is 3.51. The van der Waals surface area contributed by atoms with Gasteiger partial charge in [0, 0.05) is 6.20 Å². The molecule has 0 saturated carbocycles. The summed E-state index contributed by atoms with van der Waals surface area (Å²) in [5.41, 5.74) is -0.637. The zero-order chi connectivity index (χ0) is 14.9. The molecule has 0 unspecified atom stereocenters. The maximum Gasteiger partial charge on any atom is 0.437 e. The average Bonchev–Trinajstić information content (AvgIpc) is 2.86. The normalized spacial score (nSPS) is 11.7. The number of hydrogen-bond acceptors (Lipinski definition) is 3. The molecular formula is C11H12F3N5O. The van der Waals surface area contributed by atoms with Crippen molar-refractivity contribution in [2.24, 2.45) is 0 Å². The van der Waals surface area contributed by atoms with Crippen LogP contribution in [0.15, 0.2) is 12.3 Å². The van der Waals surface area contributed by atoms with Gasteiger partial charge in [-0.05, 0) is 19.9 Å². The molecule has 0 aromatic carbocycles. The van der Waals surface area contributed by atoms with E-state index in [0.29, 0.717) is 5.69 Å². The molecular weight excluding hydrogens is 275 g/mol. The SMILES string of the molecule is Cc1ccn(CC(=O)Nc2c(C(F)(F)F)n[nH]c2C)n1. The highest BCUT2D eigenvalue weighted by Gasteiger charge is 2.38. The van der Waals surface area contributed by atoms with Crippen LogP contribution in [0.3, 0.4) is 0 Å². The van der Waals surface area contributed by atoms with Crippen molar-refractivity contribution in [3.8, 4) is 0 Å². The Balaban J connectivity index is 2.14. The first kappa shape index (κ1) is 14.1. The lowest BCUT2D eigenvalue weighted by Gasteiger charge is -2.09. The Bertz CT molecular complexity index is 628. The predicted octanol–water partition coefficient (Wildman–Crippen LogP) is 1.88. The molecule has 2 aromatic heterocycles. The van der Waals surface area contributed by atoms with Gasteiger partial charge in [0.2, 0.25) is 5.91 Å². The van der Waals surface area contributed by atoms with Gasteiger partial charge in [-0.1, -0.05) is 0 Å². The quantitative estimate of drug-likeness (QED) is 0.905. The summed E-state index contributed by atoms with van der Waals surface area (Å²) >= 11 is 0. The van der Waals surface area contributed by atoms with Crippen LogP contribution < -0.4 is 5.32 Å². The van der Waals surface area contributed by atoms with Gasteiger partial charge in [0.1, 0.15) is 6.54 Å². The number of nitrogens with one attached hydrogen (secondary N) is 2. The highest BCUT2D eigenvalue weighted by atomic mass is 19.4. The number of carbonyl (C=O) groups is 1. The van der Waals surface area contributed by atoms with Crippen molar-refractivity contribution in [2.45, 2.75) is 26.6 Å². The Morgan fingerprint density at radius 1 is 1.45 bits per heavy atom. The lowest BCUT2D eigenvalue weighted by Crippen LogP contribution is -2.21. The highest BCUT2D eigenvalue weighted by Crippen LogP contribution is 2.34. The lowest BCUT2D eigenvalue weighted by molar-refractivity contribution is -0.140. The van der Waals surface area contributed by atoms with Crippen LogP contribution in [-0.2, 0) is 17.5 Å². The molecule has 2 heterocycles. The number of amides is 1. The number of aromatic amines is 1. The minimum atomic E-state index is -4.63. The van der Waals surface area contributed by atoms with Gasteiger partial charge >= 0.3 is 6.18 Å². The number of aryl methyl sites for hydroxylation is 2. The van der Waals surface area contributed by atoms with Crippen LogP contribution in [0.2, 0.25) is 0 Å². The predicted molar refractivity (Wildman–Crippen MR) is 63.9 cm³/mol. The number of nitrogens with zero attached hydrogens (tertiary/aromatic N) is 3. The van der Waals surface area contributed by atoms with Gasteiger partial charge in [0.25, 0.3) is 0 Å². The minimum absolute atomic E-state index is 0.141. The van der Waals surface area contributed by atoms with Crippen molar-refractivity contribution >= 4 is 11.6 Å².